The summed E-state index contributed by atoms with van der Waals surface area (Å²) in [4.78, 5) is 18.7. The van der Waals surface area contributed by atoms with Gasteiger partial charge in [-0.1, -0.05) is 0 Å². The topological polar surface area (TPSA) is 64.1 Å². The Bertz CT molecular complexity index is 378. The van der Waals surface area contributed by atoms with Gasteiger partial charge in [0.1, 0.15) is 0 Å². The number of carbonyl (C=O) groups is 1. The Morgan fingerprint density at radius 1 is 1.41 bits per heavy atom. The zero-order valence-electron chi connectivity index (χ0n) is 8.91. The van der Waals surface area contributed by atoms with Crippen molar-refractivity contribution in [2.45, 2.75) is 19.6 Å². The summed E-state index contributed by atoms with van der Waals surface area (Å²) in [5.74, 6) is 0. The molecule has 0 unspecified atom stereocenters. The summed E-state index contributed by atoms with van der Waals surface area (Å²) >= 11 is 0. The first-order valence-electron chi connectivity index (χ1n) is 4.62. The van der Waals surface area contributed by atoms with E-state index in [0.717, 1.165) is 0 Å². The lowest BCUT2D eigenvalue weighted by molar-refractivity contribution is -0.160. The number of ether oxygens (including phenoxy) is 1. The number of alkyl halides is 3. The quantitative estimate of drug-likeness (QED) is 0.883. The molecule has 5 nitrogen and oxygen atoms in total. The van der Waals surface area contributed by atoms with Crippen molar-refractivity contribution in [3.8, 4) is 0 Å². The van der Waals surface area contributed by atoms with Crippen LogP contribution in [0.2, 0.25) is 0 Å². The Balaban J connectivity index is 2.31. The molecule has 1 aromatic heterocycles. The normalized spacial score (nSPS) is 11.1. The van der Waals surface area contributed by atoms with Crippen LogP contribution in [-0.4, -0.2) is 28.8 Å². The second-order valence-electron chi connectivity index (χ2n) is 3.19. The molecule has 0 bridgehead atoms. The number of rotatable bonds is 3. The second-order valence-corrected chi connectivity index (χ2v) is 3.19. The van der Waals surface area contributed by atoms with Crippen LogP contribution in [0, 0.1) is 6.92 Å². The van der Waals surface area contributed by atoms with Gasteiger partial charge in [-0.15, -0.1) is 0 Å². The van der Waals surface area contributed by atoms with E-state index in [1.807, 2.05) is 0 Å². The van der Waals surface area contributed by atoms with E-state index in [0.29, 0.717) is 11.4 Å². The highest BCUT2D eigenvalue weighted by Crippen LogP contribution is 2.14. The van der Waals surface area contributed by atoms with Crippen LogP contribution < -0.4 is 5.32 Å². The predicted molar refractivity (Wildman–Crippen MR) is 51.0 cm³/mol. The van der Waals surface area contributed by atoms with E-state index in [4.69, 9.17) is 0 Å². The van der Waals surface area contributed by atoms with Crippen molar-refractivity contribution < 1.29 is 22.7 Å². The van der Waals surface area contributed by atoms with Crippen LogP contribution in [0.4, 0.5) is 18.0 Å². The van der Waals surface area contributed by atoms with Gasteiger partial charge in [-0.25, -0.2) is 4.79 Å². The molecule has 0 fully saturated rings. The van der Waals surface area contributed by atoms with E-state index in [-0.39, 0.29) is 6.54 Å². The number of alkyl carbamates (subject to hydrolysis) is 1. The summed E-state index contributed by atoms with van der Waals surface area (Å²) in [6.45, 7) is 0.0875. The summed E-state index contributed by atoms with van der Waals surface area (Å²) in [6.07, 6.45) is -2.77. The Kier molecular flexibility index (Phi) is 4.24. The van der Waals surface area contributed by atoms with Gasteiger partial charge in [0.2, 0.25) is 0 Å². The average molecular weight is 249 g/mol. The minimum Gasteiger partial charge on any atom is -0.440 e. The van der Waals surface area contributed by atoms with Crippen molar-refractivity contribution in [1.29, 1.82) is 0 Å². The molecule has 1 heterocycles. The SMILES string of the molecule is Cc1cnc(CNC(=O)OCC(F)(F)F)cn1. The zero-order valence-corrected chi connectivity index (χ0v) is 8.91. The predicted octanol–water partition coefficient (Wildman–Crippen LogP) is 1.57. The van der Waals surface area contributed by atoms with Gasteiger partial charge in [-0.3, -0.25) is 9.97 Å². The van der Waals surface area contributed by atoms with Gasteiger partial charge < -0.3 is 10.1 Å². The van der Waals surface area contributed by atoms with E-state index < -0.39 is 18.9 Å². The van der Waals surface area contributed by atoms with Gasteiger partial charge in [0.15, 0.2) is 6.61 Å². The van der Waals surface area contributed by atoms with Crippen molar-refractivity contribution in [1.82, 2.24) is 15.3 Å². The lowest BCUT2D eigenvalue weighted by Crippen LogP contribution is -2.28. The minimum absolute atomic E-state index is 0.0377. The number of hydrogen-bond acceptors (Lipinski definition) is 4. The fourth-order valence-electron chi connectivity index (χ4n) is 0.872. The van der Waals surface area contributed by atoms with Crippen molar-refractivity contribution in [3.63, 3.8) is 0 Å². The van der Waals surface area contributed by atoms with E-state index >= 15 is 0 Å². The number of hydrogen-bond donors (Lipinski definition) is 1. The highest BCUT2D eigenvalue weighted by atomic mass is 19.4. The molecule has 0 aromatic carbocycles. The number of carbonyl (C=O) groups excluding carboxylic acids is 1. The van der Waals surface area contributed by atoms with Crippen LogP contribution in [0.25, 0.3) is 0 Å². The maximum Gasteiger partial charge on any atom is 0.422 e. The maximum absolute atomic E-state index is 11.7. The third-order valence-electron chi connectivity index (χ3n) is 1.62. The van der Waals surface area contributed by atoms with Gasteiger partial charge in [0.05, 0.1) is 24.1 Å². The van der Waals surface area contributed by atoms with Gasteiger partial charge in [-0.2, -0.15) is 13.2 Å². The summed E-state index contributed by atoms with van der Waals surface area (Å²) in [7, 11) is 0. The molecule has 0 aliphatic carbocycles. The summed E-state index contributed by atoms with van der Waals surface area (Å²) < 4.78 is 39.0. The third kappa shape index (κ3) is 5.69. The van der Waals surface area contributed by atoms with Crippen LogP contribution in [0.15, 0.2) is 12.4 Å². The first-order chi connectivity index (χ1) is 7.87. The molecule has 0 radical (unpaired) electrons. The van der Waals surface area contributed by atoms with E-state index in [1.54, 1.807) is 6.92 Å². The van der Waals surface area contributed by atoms with Gasteiger partial charge in [0.25, 0.3) is 0 Å². The molecular formula is C9H10F3N3O2. The second kappa shape index (κ2) is 5.46. The number of aryl methyl sites for hydroxylation is 1. The number of halogens is 3. The smallest absolute Gasteiger partial charge is 0.422 e. The maximum atomic E-state index is 11.7. The van der Waals surface area contributed by atoms with Crippen LogP contribution >= 0.6 is 0 Å². The van der Waals surface area contributed by atoms with E-state index in [2.05, 4.69) is 20.0 Å². The Labute approximate surface area is 95.0 Å². The number of amides is 1. The van der Waals surface area contributed by atoms with Crippen molar-refractivity contribution in [2.24, 2.45) is 0 Å². The molecule has 0 aliphatic heterocycles. The molecule has 94 valence electrons. The van der Waals surface area contributed by atoms with Crippen molar-refractivity contribution >= 4 is 6.09 Å². The minimum atomic E-state index is -4.53. The molecule has 17 heavy (non-hydrogen) atoms. The van der Waals surface area contributed by atoms with Crippen LogP contribution in [0.5, 0.6) is 0 Å². The molecule has 1 amide bonds. The van der Waals surface area contributed by atoms with Gasteiger partial charge in [0, 0.05) is 6.20 Å². The summed E-state index contributed by atoms with van der Waals surface area (Å²) in [5, 5.41) is 2.13. The Morgan fingerprint density at radius 3 is 2.65 bits per heavy atom. The third-order valence-corrected chi connectivity index (χ3v) is 1.62. The highest BCUT2D eigenvalue weighted by molar-refractivity contribution is 5.67. The number of aromatic nitrogens is 2. The number of nitrogens with one attached hydrogen (secondary N) is 1. The molecule has 8 heteroatoms. The summed E-state index contributed by atoms with van der Waals surface area (Å²) in [5.41, 5.74) is 1.13. The number of nitrogens with zero attached hydrogens (tertiary/aromatic N) is 2. The Hall–Kier alpha value is -1.86. The zero-order chi connectivity index (χ0) is 12.9. The van der Waals surface area contributed by atoms with Gasteiger partial charge in [-0.05, 0) is 6.92 Å². The molecule has 0 aliphatic rings. The molecule has 1 N–H and O–H groups in total. The summed E-state index contributed by atoms with van der Waals surface area (Å²) in [6, 6.07) is 0. The lowest BCUT2D eigenvalue weighted by Gasteiger charge is -2.08. The Morgan fingerprint density at radius 2 is 2.12 bits per heavy atom. The standard InChI is InChI=1S/C9H10F3N3O2/c1-6-2-14-7(3-13-6)4-15-8(16)17-5-9(10,11)12/h2-3H,4-5H2,1H3,(H,15,16). The molecule has 1 rings (SSSR count). The van der Waals surface area contributed by atoms with E-state index in [9.17, 15) is 18.0 Å². The average Bonchev–Trinajstić information content (AvgIpc) is 2.25. The molecule has 0 spiro atoms. The van der Waals surface area contributed by atoms with E-state index in [1.165, 1.54) is 12.4 Å². The fraction of sp³-hybridized carbons (Fsp3) is 0.444. The monoisotopic (exact) mass is 249 g/mol. The molecule has 0 saturated carbocycles. The highest BCUT2D eigenvalue weighted by Gasteiger charge is 2.29. The first kappa shape index (κ1) is 13.2. The molecule has 0 atom stereocenters. The van der Waals surface area contributed by atoms with Gasteiger partial charge >= 0.3 is 12.3 Å². The largest absolute Gasteiger partial charge is 0.440 e. The molecule has 0 saturated heterocycles. The molecule has 1 aromatic rings. The van der Waals surface area contributed by atoms with Crippen LogP contribution in [-0.2, 0) is 11.3 Å². The molecular weight excluding hydrogens is 239 g/mol. The first-order valence-corrected chi connectivity index (χ1v) is 4.62. The van der Waals surface area contributed by atoms with Crippen molar-refractivity contribution in [3.05, 3.63) is 23.8 Å². The lowest BCUT2D eigenvalue weighted by atomic mass is 10.4. The van der Waals surface area contributed by atoms with Crippen LogP contribution in [0.3, 0.4) is 0 Å². The van der Waals surface area contributed by atoms with Crippen LogP contribution in [0.1, 0.15) is 11.4 Å². The van der Waals surface area contributed by atoms with Crippen molar-refractivity contribution in [2.75, 3.05) is 6.61 Å². The fourth-order valence-corrected chi connectivity index (χ4v) is 0.872.